The number of hydrogen-bond donors (Lipinski definition) is 3. The summed E-state index contributed by atoms with van der Waals surface area (Å²) in [5.74, 6) is 0.0333. The first-order valence-corrected chi connectivity index (χ1v) is 8.50. The maximum atomic E-state index is 12.0. The summed E-state index contributed by atoms with van der Waals surface area (Å²) >= 11 is 0. The minimum absolute atomic E-state index is 0.0411. The van der Waals surface area contributed by atoms with E-state index in [1.165, 1.54) is 6.08 Å². The number of aliphatic hydroxyl groups excluding tert-OH is 1. The van der Waals surface area contributed by atoms with Crippen molar-refractivity contribution in [2.45, 2.75) is 45.2 Å². The van der Waals surface area contributed by atoms with Crippen LogP contribution >= 0.6 is 0 Å². The Morgan fingerprint density at radius 3 is 2.46 bits per heavy atom. The number of aliphatic hydroxyl groups is 1. The van der Waals surface area contributed by atoms with E-state index in [-0.39, 0.29) is 30.4 Å². The van der Waals surface area contributed by atoms with E-state index in [4.69, 9.17) is 5.11 Å². The van der Waals surface area contributed by atoms with E-state index >= 15 is 0 Å². The van der Waals surface area contributed by atoms with Gasteiger partial charge in [-0.05, 0) is 49.0 Å². The smallest absolute Gasteiger partial charge is 0.251 e. The Labute approximate surface area is 143 Å². The summed E-state index contributed by atoms with van der Waals surface area (Å²) in [4.78, 5) is 23.9. The van der Waals surface area contributed by atoms with Gasteiger partial charge in [-0.2, -0.15) is 0 Å². The van der Waals surface area contributed by atoms with Gasteiger partial charge >= 0.3 is 0 Å². The average Bonchev–Trinajstić information content (AvgIpc) is 3.37. The Balaban J connectivity index is 1.88. The summed E-state index contributed by atoms with van der Waals surface area (Å²) in [6.07, 6.45) is 5.87. The molecule has 0 spiro atoms. The fourth-order valence-corrected chi connectivity index (χ4v) is 2.36. The number of benzene rings is 1. The topological polar surface area (TPSA) is 78.4 Å². The van der Waals surface area contributed by atoms with Gasteiger partial charge in [0.05, 0.1) is 0 Å². The van der Waals surface area contributed by atoms with E-state index in [2.05, 4.69) is 10.6 Å². The van der Waals surface area contributed by atoms with Gasteiger partial charge in [0.2, 0.25) is 5.91 Å². The molecular formula is C19H26N2O3. The molecule has 3 N–H and O–H groups in total. The largest absolute Gasteiger partial charge is 0.396 e. The van der Waals surface area contributed by atoms with Gasteiger partial charge in [0.15, 0.2) is 0 Å². The van der Waals surface area contributed by atoms with Crippen molar-refractivity contribution >= 4 is 17.9 Å². The molecule has 1 aliphatic rings. The van der Waals surface area contributed by atoms with Crippen LogP contribution in [0.5, 0.6) is 0 Å². The van der Waals surface area contributed by atoms with Crippen LogP contribution in [0.3, 0.4) is 0 Å². The van der Waals surface area contributed by atoms with Crippen molar-refractivity contribution in [3.63, 3.8) is 0 Å². The van der Waals surface area contributed by atoms with Gasteiger partial charge in [0.1, 0.15) is 0 Å². The van der Waals surface area contributed by atoms with Gasteiger partial charge < -0.3 is 15.7 Å². The lowest BCUT2D eigenvalue weighted by Gasteiger charge is -2.20. The molecule has 5 heteroatoms. The summed E-state index contributed by atoms with van der Waals surface area (Å²) in [5, 5.41) is 14.9. The van der Waals surface area contributed by atoms with Crippen LogP contribution < -0.4 is 10.6 Å². The zero-order chi connectivity index (χ0) is 17.5. The lowest BCUT2D eigenvalue weighted by molar-refractivity contribution is -0.117. The first-order chi connectivity index (χ1) is 11.5. The van der Waals surface area contributed by atoms with Crippen molar-refractivity contribution in [3.05, 3.63) is 41.5 Å². The molecule has 0 aromatic heterocycles. The van der Waals surface area contributed by atoms with E-state index in [1.807, 2.05) is 26.0 Å². The molecule has 1 unspecified atom stereocenters. The molecular weight excluding hydrogens is 304 g/mol. The van der Waals surface area contributed by atoms with Crippen molar-refractivity contribution in [2.24, 2.45) is 5.92 Å². The zero-order valence-corrected chi connectivity index (χ0v) is 14.3. The maximum absolute atomic E-state index is 12.0. The quantitative estimate of drug-likeness (QED) is 0.639. The summed E-state index contributed by atoms with van der Waals surface area (Å²) in [7, 11) is 0. The zero-order valence-electron chi connectivity index (χ0n) is 14.3. The fraction of sp³-hybridized carbons (Fsp3) is 0.474. The number of hydrogen-bond acceptors (Lipinski definition) is 3. The summed E-state index contributed by atoms with van der Waals surface area (Å²) < 4.78 is 0. The highest BCUT2D eigenvalue weighted by Crippen LogP contribution is 2.19. The Morgan fingerprint density at radius 2 is 1.92 bits per heavy atom. The second-order valence-electron chi connectivity index (χ2n) is 6.57. The first-order valence-electron chi connectivity index (χ1n) is 8.50. The molecule has 0 heterocycles. The molecule has 1 saturated carbocycles. The molecule has 0 bridgehead atoms. The third-order valence-corrected chi connectivity index (χ3v) is 4.09. The Kier molecular flexibility index (Phi) is 6.55. The van der Waals surface area contributed by atoms with Crippen LogP contribution in [0, 0.1) is 5.92 Å². The molecule has 0 saturated heterocycles. The fourth-order valence-electron chi connectivity index (χ4n) is 2.36. The molecule has 2 amide bonds. The lowest BCUT2D eigenvalue weighted by Crippen LogP contribution is -2.38. The molecule has 130 valence electrons. The van der Waals surface area contributed by atoms with E-state index in [1.54, 1.807) is 18.2 Å². The number of carbonyl (C=O) groups is 2. The summed E-state index contributed by atoms with van der Waals surface area (Å²) in [6, 6.07) is 7.46. The first kappa shape index (κ1) is 18.2. The molecule has 1 fully saturated rings. The van der Waals surface area contributed by atoms with Gasteiger partial charge in [-0.15, -0.1) is 0 Å². The van der Waals surface area contributed by atoms with Crippen molar-refractivity contribution in [1.82, 2.24) is 10.6 Å². The summed E-state index contributed by atoms with van der Waals surface area (Å²) in [5.41, 5.74) is 1.49. The van der Waals surface area contributed by atoms with Crippen LogP contribution in [-0.4, -0.2) is 35.6 Å². The Morgan fingerprint density at radius 1 is 1.25 bits per heavy atom. The van der Waals surface area contributed by atoms with E-state index in [0.717, 1.165) is 18.4 Å². The number of amides is 2. The molecule has 24 heavy (non-hydrogen) atoms. The lowest BCUT2D eigenvalue weighted by atomic mass is 10.0. The number of carbonyl (C=O) groups excluding carboxylic acids is 2. The highest BCUT2D eigenvalue weighted by molar-refractivity contribution is 5.95. The van der Waals surface area contributed by atoms with Crippen LogP contribution in [0.2, 0.25) is 0 Å². The van der Waals surface area contributed by atoms with Gasteiger partial charge in [-0.1, -0.05) is 26.0 Å². The Bertz CT molecular complexity index is 589. The van der Waals surface area contributed by atoms with Crippen LogP contribution in [-0.2, 0) is 4.79 Å². The molecule has 0 aliphatic heterocycles. The molecule has 1 aromatic rings. The van der Waals surface area contributed by atoms with Gasteiger partial charge in [-0.25, -0.2) is 0 Å². The molecule has 1 aliphatic carbocycles. The second-order valence-corrected chi connectivity index (χ2v) is 6.57. The van der Waals surface area contributed by atoms with Crippen LogP contribution in [0.25, 0.3) is 6.08 Å². The molecule has 5 nitrogen and oxygen atoms in total. The number of nitrogens with one attached hydrogen (secondary N) is 2. The van der Waals surface area contributed by atoms with Crippen molar-refractivity contribution in [3.8, 4) is 0 Å². The second kappa shape index (κ2) is 8.64. The van der Waals surface area contributed by atoms with Crippen molar-refractivity contribution in [2.75, 3.05) is 6.61 Å². The normalized spacial score (nSPS) is 15.5. The molecule has 1 aromatic carbocycles. The highest BCUT2D eigenvalue weighted by atomic mass is 16.3. The average molecular weight is 330 g/mol. The van der Waals surface area contributed by atoms with Gasteiger partial charge in [-0.3, -0.25) is 9.59 Å². The highest BCUT2D eigenvalue weighted by Gasteiger charge is 2.23. The maximum Gasteiger partial charge on any atom is 0.251 e. The van der Waals surface area contributed by atoms with Crippen molar-refractivity contribution < 1.29 is 14.7 Å². The minimum Gasteiger partial charge on any atom is -0.396 e. The van der Waals surface area contributed by atoms with Crippen LogP contribution in [0.1, 0.15) is 49.0 Å². The number of rotatable bonds is 8. The standard InChI is InChI=1S/C19H26N2O3/c1-13(2)17(11-12-22)21-18(23)10-5-14-3-6-15(7-4-14)19(24)20-16-8-9-16/h3-7,10,13,16-17,22H,8-9,11-12H2,1-2H3,(H,20,24)(H,21,23)/b10-5+. The van der Waals surface area contributed by atoms with Gasteiger partial charge in [0, 0.05) is 30.3 Å². The van der Waals surface area contributed by atoms with E-state index < -0.39 is 0 Å². The monoisotopic (exact) mass is 330 g/mol. The van der Waals surface area contributed by atoms with Crippen LogP contribution in [0.15, 0.2) is 30.3 Å². The molecule has 1 atom stereocenters. The summed E-state index contributed by atoms with van der Waals surface area (Å²) in [6.45, 7) is 4.07. The minimum atomic E-state index is -0.183. The third-order valence-electron chi connectivity index (χ3n) is 4.09. The van der Waals surface area contributed by atoms with E-state index in [9.17, 15) is 9.59 Å². The third kappa shape index (κ3) is 5.81. The predicted octanol–water partition coefficient (Wildman–Crippen LogP) is 2.12. The predicted molar refractivity (Wildman–Crippen MR) is 94.4 cm³/mol. The SMILES string of the molecule is CC(C)C(CCO)NC(=O)/C=C/c1ccc(C(=O)NC2CC2)cc1. The molecule has 2 rings (SSSR count). The van der Waals surface area contributed by atoms with E-state index in [0.29, 0.717) is 18.0 Å². The van der Waals surface area contributed by atoms with Crippen molar-refractivity contribution in [1.29, 1.82) is 0 Å². The van der Waals surface area contributed by atoms with Gasteiger partial charge in [0.25, 0.3) is 5.91 Å². The van der Waals surface area contributed by atoms with Crippen LogP contribution in [0.4, 0.5) is 0 Å². The Hall–Kier alpha value is -2.14. The molecule has 0 radical (unpaired) electrons.